The van der Waals surface area contributed by atoms with E-state index in [2.05, 4.69) is 46.2 Å². The van der Waals surface area contributed by atoms with Crippen molar-refractivity contribution in [2.75, 3.05) is 44.7 Å². The van der Waals surface area contributed by atoms with E-state index in [1.807, 2.05) is 30.0 Å². The lowest BCUT2D eigenvalue weighted by molar-refractivity contribution is 0.0742. The fourth-order valence-corrected chi connectivity index (χ4v) is 4.96. The van der Waals surface area contributed by atoms with Crippen LogP contribution in [0.5, 0.6) is 5.75 Å². The fourth-order valence-electron chi connectivity index (χ4n) is 4.96. The van der Waals surface area contributed by atoms with Gasteiger partial charge in [0.25, 0.3) is 5.91 Å². The topological polar surface area (TPSA) is 49.2 Å². The molecule has 1 amide bonds. The maximum absolute atomic E-state index is 13.6. The van der Waals surface area contributed by atoms with Crippen molar-refractivity contribution >= 4 is 11.6 Å². The normalized spacial score (nSPS) is 16.5. The first-order valence-electron chi connectivity index (χ1n) is 11.7. The summed E-state index contributed by atoms with van der Waals surface area (Å²) >= 11 is 0. The quantitative estimate of drug-likeness (QED) is 0.591. The number of aryl methyl sites for hydroxylation is 1. The van der Waals surface area contributed by atoms with Crippen LogP contribution >= 0.6 is 0 Å². The van der Waals surface area contributed by atoms with E-state index in [0.29, 0.717) is 13.1 Å². The van der Waals surface area contributed by atoms with Gasteiger partial charge < -0.3 is 19.0 Å². The number of carbonyl (C=O) groups is 1. The van der Waals surface area contributed by atoms with E-state index in [0.717, 1.165) is 73.2 Å². The molecular weight excluding hydrogens is 414 g/mol. The molecule has 172 valence electrons. The van der Waals surface area contributed by atoms with E-state index >= 15 is 0 Å². The Morgan fingerprint density at radius 2 is 1.70 bits per heavy atom. The minimum absolute atomic E-state index is 0.105. The molecule has 3 heterocycles. The van der Waals surface area contributed by atoms with Gasteiger partial charge in [-0.3, -0.25) is 9.69 Å². The van der Waals surface area contributed by atoms with E-state index in [-0.39, 0.29) is 5.91 Å². The van der Waals surface area contributed by atoms with Crippen LogP contribution in [0, 0.1) is 6.92 Å². The Labute approximate surface area is 195 Å². The first-order chi connectivity index (χ1) is 16.1. The number of piperazine rings is 1. The van der Waals surface area contributed by atoms with Crippen molar-refractivity contribution in [2.24, 2.45) is 0 Å². The van der Waals surface area contributed by atoms with Crippen molar-refractivity contribution in [1.82, 2.24) is 9.80 Å². The van der Waals surface area contributed by atoms with Crippen LogP contribution in [-0.2, 0) is 19.5 Å². The Balaban J connectivity index is 1.26. The Morgan fingerprint density at radius 3 is 2.39 bits per heavy atom. The van der Waals surface area contributed by atoms with Crippen molar-refractivity contribution in [2.45, 2.75) is 26.4 Å². The second-order valence-electron chi connectivity index (χ2n) is 8.86. The second kappa shape index (κ2) is 9.32. The maximum Gasteiger partial charge on any atom is 0.257 e. The van der Waals surface area contributed by atoms with Gasteiger partial charge in [0.1, 0.15) is 17.3 Å². The third-order valence-electron chi connectivity index (χ3n) is 6.77. The third-order valence-corrected chi connectivity index (χ3v) is 6.77. The molecule has 6 heteroatoms. The molecule has 2 aliphatic rings. The number of ether oxygens (including phenoxy) is 1. The zero-order chi connectivity index (χ0) is 22.8. The molecule has 0 spiro atoms. The Kier molecular flexibility index (Phi) is 6.09. The predicted molar refractivity (Wildman–Crippen MR) is 129 cm³/mol. The minimum Gasteiger partial charge on any atom is -0.497 e. The summed E-state index contributed by atoms with van der Waals surface area (Å²) in [6.07, 6.45) is 0.849. The van der Waals surface area contributed by atoms with E-state index in [1.165, 1.54) is 5.56 Å². The zero-order valence-corrected chi connectivity index (χ0v) is 19.4. The number of methoxy groups -OCH3 is 1. The highest BCUT2D eigenvalue weighted by atomic mass is 16.5. The predicted octanol–water partition coefficient (Wildman–Crippen LogP) is 4.12. The van der Waals surface area contributed by atoms with Crippen LogP contribution in [0.4, 0.5) is 5.69 Å². The number of fused-ring (bicyclic) bond motifs is 1. The molecule has 6 nitrogen and oxygen atoms in total. The smallest absolute Gasteiger partial charge is 0.257 e. The Hall–Kier alpha value is -3.25. The summed E-state index contributed by atoms with van der Waals surface area (Å²) in [4.78, 5) is 20.3. The van der Waals surface area contributed by atoms with Crippen LogP contribution in [0.15, 0.2) is 59.0 Å². The van der Waals surface area contributed by atoms with Gasteiger partial charge >= 0.3 is 0 Å². The van der Waals surface area contributed by atoms with E-state index < -0.39 is 0 Å². The highest BCUT2D eigenvalue weighted by Crippen LogP contribution is 2.30. The van der Waals surface area contributed by atoms with Crippen molar-refractivity contribution < 1.29 is 13.9 Å². The molecule has 1 aromatic heterocycles. The number of rotatable bonds is 5. The van der Waals surface area contributed by atoms with Crippen LogP contribution in [0.25, 0.3) is 0 Å². The average molecular weight is 446 g/mol. The summed E-state index contributed by atoms with van der Waals surface area (Å²) in [5.74, 6) is 2.70. The number of anilines is 1. The standard InChI is InChI=1S/C27H31N3O3/c1-20-26(24-19-28(13-12-25(24)33-20)18-21-6-4-3-5-7-21)27(31)30-16-14-29(15-17-30)22-8-10-23(32-2)11-9-22/h3-11H,12-19H2,1-2H3. The summed E-state index contributed by atoms with van der Waals surface area (Å²) in [6, 6.07) is 18.6. The number of hydrogen-bond donors (Lipinski definition) is 0. The average Bonchev–Trinajstić information content (AvgIpc) is 3.19. The Bertz CT molecular complexity index is 1100. The van der Waals surface area contributed by atoms with Gasteiger partial charge in [0.2, 0.25) is 0 Å². The first kappa shape index (κ1) is 21.6. The Morgan fingerprint density at radius 1 is 0.970 bits per heavy atom. The minimum atomic E-state index is 0.105. The summed E-state index contributed by atoms with van der Waals surface area (Å²) < 4.78 is 11.3. The van der Waals surface area contributed by atoms with Gasteiger partial charge in [0, 0.05) is 63.5 Å². The molecule has 0 unspecified atom stereocenters. The van der Waals surface area contributed by atoms with E-state index in [4.69, 9.17) is 9.15 Å². The lowest BCUT2D eigenvalue weighted by atomic mass is 10.0. The maximum atomic E-state index is 13.6. The molecule has 0 saturated carbocycles. The van der Waals surface area contributed by atoms with Crippen LogP contribution in [0.2, 0.25) is 0 Å². The monoisotopic (exact) mass is 445 g/mol. The van der Waals surface area contributed by atoms with Crippen LogP contribution in [-0.4, -0.2) is 55.5 Å². The van der Waals surface area contributed by atoms with Gasteiger partial charge in [-0.1, -0.05) is 30.3 Å². The van der Waals surface area contributed by atoms with Gasteiger partial charge in [-0.25, -0.2) is 0 Å². The fraction of sp³-hybridized carbons (Fsp3) is 0.370. The van der Waals surface area contributed by atoms with Crippen molar-refractivity contribution in [1.29, 1.82) is 0 Å². The molecule has 3 aromatic rings. The molecule has 33 heavy (non-hydrogen) atoms. The van der Waals surface area contributed by atoms with Crippen LogP contribution < -0.4 is 9.64 Å². The molecule has 0 aliphatic carbocycles. The lowest BCUT2D eigenvalue weighted by Crippen LogP contribution is -2.49. The van der Waals surface area contributed by atoms with Gasteiger partial charge in [-0.15, -0.1) is 0 Å². The first-order valence-corrected chi connectivity index (χ1v) is 11.7. The summed E-state index contributed by atoms with van der Waals surface area (Å²) in [7, 11) is 1.68. The number of nitrogens with zero attached hydrogens (tertiary/aromatic N) is 3. The molecule has 0 radical (unpaired) electrons. The summed E-state index contributed by atoms with van der Waals surface area (Å²) in [5.41, 5.74) is 4.32. The number of hydrogen-bond acceptors (Lipinski definition) is 5. The molecule has 0 bridgehead atoms. The van der Waals surface area contributed by atoms with Gasteiger partial charge in [0.15, 0.2) is 0 Å². The SMILES string of the molecule is COc1ccc(N2CCN(C(=O)c3c(C)oc4c3CN(Cc3ccccc3)CC4)CC2)cc1. The number of amides is 1. The van der Waals surface area contributed by atoms with E-state index in [1.54, 1.807) is 7.11 Å². The molecule has 2 aromatic carbocycles. The van der Waals surface area contributed by atoms with Gasteiger partial charge in [-0.2, -0.15) is 0 Å². The zero-order valence-electron chi connectivity index (χ0n) is 19.4. The summed E-state index contributed by atoms with van der Waals surface area (Å²) in [5, 5.41) is 0. The van der Waals surface area contributed by atoms with Gasteiger partial charge in [0.05, 0.1) is 12.7 Å². The largest absolute Gasteiger partial charge is 0.497 e. The molecule has 5 rings (SSSR count). The number of benzene rings is 2. The van der Waals surface area contributed by atoms with Crippen molar-refractivity contribution in [3.05, 3.63) is 82.8 Å². The second-order valence-corrected chi connectivity index (χ2v) is 8.86. The molecular formula is C27H31N3O3. The van der Waals surface area contributed by atoms with Gasteiger partial charge in [-0.05, 0) is 36.8 Å². The van der Waals surface area contributed by atoms with E-state index in [9.17, 15) is 4.79 Å². The van der Waals surface area contributed by atoms with Crippen LogP contribution in [0.1, 0.15) is 33.0 Å². The lowest BCUT2D eigenvalue weighted by Gasteiger charge is -2.36. The number of furan rings is 1. The number of carbonyl (C=O) groups excluding carboxylic acids is 1. The van der Waals surface area contributed by atoms with Crippen LogP contribution in [0.3, 0.4) is 0 Å². The molecule has 2 aliphatic heterocycles. The highest BCUT2D eigenvalue weighted by Gasteiger charge is 2.32. The highest BCUT2D eigenvalue weighted by molar-refractivity contribution is 5.97. The molecule has 1 saturated heterocycles. The molecule has 1 fully saturated rings. The summed E-state index contributed by atoms with van der Waals surface area (Å²) in [6.45, 7) is 7.57. The van der Waals surface area contributed by atoms with Crippen molar-refractivity contribution in [3.63, 3.8) is 0 Å². The molecule has 0 N–H and O–H groups in total. The third kappa shape index (κ3) is 4.48. The molecule has 0 atom stereocenters. The van der Waals surface area contributed by atoms with Crippen molar-refractivity contribution in [3.8, 4) is 5.75 Å².